The van der Waals surface area contributed by atoms with Gasteiger partial charge in [0.2, 0.25) is 0 Å². The molecule has 0 bridgehead atoms. The van der Waals surface area contributed by atoms with Crippen molar-refractivity contribution in [3.05, 3.63) is 55.8 Å². The summed E-state index contributed by atoms with van der Waals surface area (Å²) in [6.07, 6.45) is 1.56. The van der Waals surface area contributed by atoms with E-state index >= 15 is 0 Å². The quantitative estimate of drug-likeness (QED) is 0.738. The zero-order valence-electron chi connectivity index (χ0n) is 8.88. The number of H-pyrrole nitrogens is 1. The molecule has 0 fully saturated rings. The van der Waals surface area contributed by atoms with E-state index in [0.717, 1.165) is 0 Å². The van der Waals surface area contributed by atoms with E-state index in [1.165, 1.54) is 15.9 Å². The van der Waals surface area contributed by atoms with E-state index in [4.69, 9.17) is 11.6 Å². The molecule has 0 atom stereocenters. The number of hydrogen-bond acceptors (Lipinski definition) is 4. The van der Waals surface area contributed by atoms with Crippen molar-refractivity contribution in [2.24, 2.45) is 0 Å². The Hall–Kier alpha value is -1.92. The number of aromatic amines is 1. The molecule has 18 heavy (non-hydrogen) atoms. The fourth-order valence-electron chi connectivity index (χ4n) is 1.75. The molecule has 0 unspecified atom stereocenters. The molecule has 0 amide bonds. The van der Waals surface area contributed by atoms with Crippen LogP contribution in [0.3, 0.4) is 0 Å². The minimum absolute atomic E-state index is 0.410. The number of rotatable bonds is 1. The maximum atomic E-state index is 11.9. The molecule has 0 aliphatic carbocycles. The summed E-state index contributed by atoms with van der Waals surface area (Å²) in [7, 11) is 0. The topological polar surface area (TPSA) is 67.8 Å². The van der Waals surface area contributed by atoms with Crippen LogP contribution in [-0.4, -0.2) is 14.5 Å². The lowest BCUT2D eigenvalue weighted by molar-refractivity contribution is 0.954. The number of halogens is 1. The summed E-state index contributed by atoms with van der Waals surface area (Å²) < 4.78 is 1.39. The summed E-state index contributed by atoms with van der Waals surface area (Å²) in [6, 6.07) is 4.79. The zero-order chi connectivity index (χ0) is 12.7. The van der Waals surface area contributed by atoms with Crippen LogP contribution in [0.5, 0.6) is 0 Å². The number of hydrogen-bond donors (Lipinski definition) is 1. The molecule has 90 valence electrons. The van der Waals surface area contributed by atoms with Crippen molar-refractivity contribution >= 4 is 33.8 Å². The highest BCUT2D eigenvalue weighted by molar-refractivity contribution is 7.12. The first-order valence-electron chi connectivity index (χ1n) is 5.00. The van der Waals surface area contributed by atoms with Gasteiger partial charge in [-0.05, 0) is 18.2 Å². The number of thiazole rings is 1. The van der Waals surface area contributed by atoms with Crippen LogP contribution in [0, 0.1) is 0 Å². The standard InChI is InChI=1S/C11H6ClN3O2S/c12-6-1-2-7-8(3-6)15(9-4-13-5-18-9)11(17)14-10(7)16/h1-5H,(H,14,16,17). The highest BCUT2D eigenvalue weighted by Crippen LogP contribution is 2.19. The first-order valence-corrected chi connectivity index (χ1v) is 6.26. The van der Waals surface area contributed by atoms with E-state index in [0.29, 0.717) is 20.9 Å². The smallest absolute Gasteiger partial charge is 0.273 e. The third kappa shape index (κ3) is 1.66. The average molecular weight is 280 g/mol. The van der Waals surface area contributed by atoms with E-state index in [1.807, 2.05) is 0 Å². The van der Waals surface area contributed by atoms with E-state index in [1.54, 1.807) is 29.9 Å². The van der Waals surface area contributed by atoms with Gasteiger partial charge in [-0.2, -0.15) is 0 Å². The van der Waals surface area contributed by atoms with Gasteiger partial charge in [-0.15, -0.1) is 11.3 Å². The summed E-state index contributed by atoms with van der Waals surface area (Å²) in [6.45, 7) is 0. The first-order chi connectivity index (χ1) is 8.66. The van der Waals surface area contributed by atoms with E-state index < -0.39 is 11.2 Å². The van der Waals surface area contributed by atoms with E-state index in [2.05, 4.69) is 9.97 Å². The Morgan fingerprint density at radius 2 is 2.17 bits per heavy atom. The molecule has 0 aliphatic heterocycles. The number of benzene rings is 1. The van der Waals surface area contributed by atoms with Gasteiger partial charge in [0, 0.05) is 5.02 Å². The van der Waals surface area contributed by atoms with Crippen LogP contribution in [0.4, 0.5) is 0 Å². The molecule has 0 saturated carbocycles. The number of fused-ring (bicyclic) bond motifs is 1. The van der Waals surface area contributed by atoms with Crippen LogP contribution in [-0.2, 0) is 0 Å². The molecule has 2 aromatic heterocycles. The van der Waals surface area contributed by atoms with Gasteiger partial charge in [-0.25, -0.2) is 4.79 Å². The molecule has 3 rings (SSSR count). The van der Waals surface area contributed by atoms with Crippen LogP contribution in [0.1, 0.15) is 0 Å². The summed E-state index contributed by atoms with van der Waals surface area (Å²) in [4.78, 5) is 29.8. The number of nitrogens with one attached hydrogen (secondary N) is 1. The molecule has 0 radical (unpaired) electrons. The van der Waals surface area contributed by atoms with Crippen LogP contribution < -0.4 is 11.2 Å². The van der Waals surface area contributed by atoms with Gasteiger partial charge in [-0.1, -0.05) is 11.6 Å². The molecule has 0 saturated heterocycles. The Morgan fingerprint density at radius 3 is 2.89 bits per heavy atom. The molecule has 7 heteroatoms. The van der Waals surface area contributed by atoms with Crippen molar-refractivity contribution in [1.82, 2.24) is 14.5 Å². The maximum Gasteiger partial charge on any atom is 0.334 e. The monoisotopic (exact) mass is 279 g/mol. The molecule has 5 nitrogen and oxygen atoms in total. The molecule has 0 aliphatic rings. The Balaban J connectivity index is 2.55. The Morgan fingerprint density at radius 1 is 1.33 bits per heavy atom. The first kappa shape index (κ1) is 11.2. The molecule has 2 heterocycles. The second-order valence-electron chi connectivity index (χ2n) is 3.60. The van der Waals surface area contributed by atoms with Gasteiger partial charge in [0.05, 0.1) is 22.6 Å². The molecular weight excluding hydrogens is 274 g/mol. The van der Waals surface area contributed by atoms with Gasteiger partial charge < -0.3 is 0 Å². The van der Waals surface area contributed by atoms with Crippen molar-refractivity contribution in [3.8, 4) is 5.00 Å². The Labute approximate surface area is 109 Å². The highest BCUT2D eigenvalue weighted by atomic mass is 35.5. The third-order valence-corrected chi connectivity index (χ3v) is 3.50. The van der Waals surface area contributed by atoms with Gasteiger partial charge in [0.25, 0.3) is 5.56 Å². The maximum absolute atomic E-state index is 11.9. The van der Waals surface area contributed by atoms with Crippen molar-refractivity contribution in [2.45, 2.75) is 0 Å². The number of aromatic nitrogens is 3. The van der Waals surface area contributed by atoms with Crippen LogP contribution >= 0.6 is 22.9 Å². The third-order valence-electron chi connectivity index (χ3n) is 2.51. The normalized spacial score (nSPS) is 10.9. The minimum atomic E-state index is -0.501. The molecule has 3 aromatic rings. The van der Waals surface area contributed by atoms with Crippen molar-refractivity contribution < 1.29 is 0 Å². The summed E-state index contributed by atoms with van der Waals surface area (Å²) in [5, 5.41) is 1.50. The predicted molar refractivity (Wildman–Crippen MR) is 70.8 cm³/mol. The van der Waals surface area contributed by atoms with Gasteiger partial charge in [-0.3, -0.25) is 19.3 Å². The van der Waals surface area contributed by atoms with Crippen LogP contribution in [0.25, 0.3) is 15.9 Å². The van der Waals surface area contributed by atoms with E-state index in [-0.39, 0.29) is 0 Å². The lowest BCUT2D eigenvalue weighted by Crippen LogP contribution is -2.28. The van der Waals surface area contributed by atoms with Gasteiger partial charge in [0.1, 0.15) is 5.00 Å². The SMILES string of the molecule is O=c1[nH]c(=O)n(-c2cncs2)c2cc(Cl)ccc12. The van der Waals surface area contributed by atoms with Gasteiger partial charge >= 0.3 is 5.69 Å². The fraction of sp³-hybridized carbons (Fsp3) is 0. The lowest BCUT2D eigenvalue weighted by atomic mass is 10.2. The van der Waals surface area contributed by atoms with Crippen LogP contribution in [0.15, 0.2) is 39.5 Å². The minimum Gasteiger partial charge on any atom is -0.273 e. The molecule has 0 spiro atoms. The largest absolute Gasteiger partial charge is 0.334 e. The Kier molecular flexibility index (Phi) is 2.53. The average Bonchev–Trinajstić information content (AvgIpc) is 2.82. The zero-order valence-corrected chi connectivity index (χ0v) is 10.5. The predicted octanol–water partition coefficient (Wildman–Crippen LogP) is 1.79. The summed E-state index contributed by atoms with van der Waals surface area (Å²) in [5.74, 6) is 0. The van der Waals surface area contributed by atoms with Crippen molar-refractivity contribution in [1.29, 1.82) is 0 Å². The lowest BCUT2D eigenvalue weighted by Gasteiger charge is -2.06. The molecular formula is C11H6ClN3O2S. The molecule has 1 N–H and O–H groups in total. The fourth-order valence-corrected chi connectivity index (χ4v) is 2.55. The number of nitrogens with zero attached hydrogens (tertiary/aromatic N) is 2. The Bertz CT molecular complexity index is 836. The van der Waals surface area contributed by atoms with E-state index in [9.17, 15) is 9.59 Å². The summed E-state index contributed by atoms with van der Waals surface area (Å²) in [5.41, 5.74) is 1.16. The highest BCUT2D eigenvalue weighted by Gasteiger charge is 2.10. The van der Waals surface area contributed by atoms with Crippen molar-refractivity contribution in [2.75, 3.05) is 0 Å². The van der Waals surface area contributed by atoms with Crippen molar-refractivity contribution in [3.63, 3.8) is 0 Å². The second kappa shape index (κ2) is 4.08. The van der Waals surface area contributed by atoms with Crippen LogP contribution in [0.2, 0.25) is 5.02 Å². The second-order valence-corrected chi connectivity index (χ2v) is 4.90. The summed E-state index contributed by atoms with van der Waals surface area (Å²) >= 11 is 7.22. The van der Waals surface area contributed by atoms with Gasteiger partial charge in [0.15, 0.2) is 0 Å². The molecule has 1 aromatic carbocycles.